The largest absolute Gasteiger partial charge is 0.463 e. The summed E-state index contributed by atoms with van der Waals surface area (Å²) in [4.78, 5) is 30.3. The van der Waals surface area contributed by atoms with E-state index >= 15 is 0 Å². The molecule has 1 unspecified atom stereocenters. The molecule has 1 fully saturated rings. The molecule has 3 aromatic rings. The quantitative estimate of drug-likeness (QED) is 0.570. The van der Waals surface area contributed by atoms with E-state index in [4.69, 9.17) is 9.15 Å². The first-order valence-corrected chi connectivity index (χ1v) is 12.9. The number of furan rings is 1. The van der Waals surface area contributed by atoms with Crippen LogP contribution < -0.4 is 10.3 Å². The summed E-state index contributed by atoms with van der Waals surface area (Å²) < 4.78 is 36.8. The zero-order valence-electron chi connectivity index (χ0n) is 19.7. The van der Waals surface area contributed by atoms with Crippen molar-refractivity contribution in [2.45, 2.75) is 32.3 Å². The molecule has 1 aliphatic heterocycles. The number of sulfonamides is 1. The second-order valence-corrected chi connectivity index (χ2v) is 11.4. The molecule has 3 heterocycles. The number of aromatic amines is 1. The van der Waals surface area contributed by atoms with E-state index in [0.29, 0.717) is 40.8 Å². The number of benzene rings is 1. The van der Waals surface area contributed by atoms with E-state index < -0.39 is 16.1 Å². The normalized spacial score (nSPS) is 17.3. The molecule has 2 aromatic heterocycles. The second-order valence-electron chi connectivity index (χ2n) is 9.58. The maximum absolute atomic E-state index is 13.5. The van der Waals surface area contributed by atoms with E-state index in [0.717, 1.165) is 11.8 Å². The van der Waals surface area contributed by atoms with Gasteiger partial charge in [-0.3, -0.25) is 9.59 Å². The van der Waals surface area contributed by atoms with E-state index in [-0.39, 0.29) is 30.0 Å². The van der Waals surface area contributed by atoms with Gasteiger partial charge in [-0.1, -0.05) is 20.8 Å². The third-order valence-electron chi connectivity index (χ3n) is 5.84. The van der Waals surface area contributed by atoms with Crippen LogP contribution in [0.1, 0.15) is 36.7 Å². The molecule has 0 aliphatic carbocycles. The van der Waals surface area contributed by atoms with Crippen LogP contribution in [0.25, 0.3) is 22.1 Å². The number of nitrogens with one attached hydrogen (secondary N) is 2. The third kappa shape index (κ3) is 5.08. The SMILES string of the molecule is CC(C)(C)c1cc(-c2ccc[nH]c2=O)cc2c(C(=O)N3CCOC(CNS(C)(=O)=O)C3)coc12. The molecule has 0 radical (unpaired) electrons. The minimum Gasteiger partial charge on any atom is -0.463 e. The molecule has 2 N–H and O–H groups in total. The summed E-state index contributed by atoms with van der Waals surface area (Å²) in [6, 6.07) is 7.26. The van der Waals surface area contributed by atoms with Gasteiger partial charge in [0.1, 0.15) is 11.8 Å². The minimum absolute atomic E-state index is 0.0872. The van der Waals surface area contributed by atoms with Gasteiger partial charge in [0, 0.05) is 42.3 Å². The fourth-order valence-corrected chi connectivity index (χ4v) is 4.59. The van der Waals surface area contributed by atoms with Gasteiger partial charge in [0.2, 0.25) is 10.0 Å². The van der Waals surface area contributed by atoms with Crippen molar-refractivity contribution in [1.29, 1.82) is 0 Å². The van der Waals surface area contributed by atoms with Gasteiger partial charge in [-0.15, -0.1) is 0 Å². The molecule has 0 saturated carbocycles. The van der Waals surface area contributed by atoms with Crippen LogP contribution >= 0.6 is 0 Å². The van der Waals surface area contributed by atoms with Gasteiger partial charge in [0.25, 0.3) is 11.5 Å². The number of aromatic nitrogens is 1. The van der Waals surface area contributed by atoms with Crippen molar-refractivity contribution >= 4 is 26.9 Å². The molecule has 0 spiro atoms. The molecule has 9 nitrogen and oxygen atoms in total. The van der Waals surface area contributed by atoms with Crippen LogP contribution in [-0.2, 0) is 20.2 Å². The second kappa shape index (κ2) is 9.01. The van der Waals surface area contributed by atoms with Crippen LogP contribution in [0.15, 0.2) is 45.9 Å². The first kappa shape index (κ1) is 24.2. The number of fused-ring (bicyclic) bond motifs is 1. The lowest BCUT2D eigenvalue weighted by Crippen LogP contribution is -2.49. The lowest BCUT2D eigenvalue weighted by Gasteiger charge is -2.32. The summed E-state index contributed by atoms with van der Waals surface area (Å²) in [7, 11) is -3.36. The summed E-state index contributed by atoms with van der Waals surface area (Å²) in [5, 5.41) is 0.632. The molecule has 1 amide bonds. The Bertz CT molecular complexity index is 1380. The highest BCUT2D eigenvalue weighted by Gasteiger charge is 2.30. The number of carbonyl (C=O) groups is 1. The standard InChI is InChI=1S/C24H29N3O6S/c1-24(2,3)20-11-15(17-6-5-7-25-22(17)28)10-18-19(14-33-21(18)20)23(29)27-8-9-32-16(13-27)12-26-34(4,30)31/h5-7,10-11,14,16,26H,8-9,12-13H2,1-4H3,(H,25,28). The number of rotatable bonds is 5. The Kier molecular flexibility index (Phi) is 6.41. The number of H-pyrrole nitrogens is 1. The van der Waals surface area contributed by atoms with Gasteiger partial charge >= 0.3 is 0 Å². The fraction of sp³-hybridized carbons (Fsp3) is 0.417. The molecule has 1 atom stereocenters. The molecule has 1 saturated heterocycles. The van der Waals surface area contributed by atoms with Crippen molar-refractivity contribution in [3.63, 3.8) is 0 Å². The molecule has 1 aliphatic rings. The Labute approximate surface area is 198 Å². The predicted molar refractivity (Wildman–Crippen MR) is 129 cm³/mol. The van der Waals surface area contributed by atoms with Gasteiger partial charge in [-0.2, -0.15) is 0 Å². The summed E-state index contributed by atoms with van der Waals surface area (Å²) in [5.41, 5.74) is 2.59. The van der Waals surface area contributed by atoms with E-state index in [1.165, 1.54) is 6.26 Å². The van der Waals surface area contributed by atoms with Crippen molar-refractivity contribution in [3.05, 3.63) is 58.2 Å². The summed E-state index contributed by atoms with van der Waals surface area (Å²) in [6.45, 7) is 7.16. The van der Waals surface area contributed by atoms with E-state index in [2.05, 4.69) is 9.71 Å². The van der Waals surface area contributed by atoms with Crippen LogP contribution in [0.2, 0.25) is 0 Å². The smallest absolute Gasteiger partial charge is 0.257 e. The highest BCUT2D eigenvalue weighted by atomic mass is 32.2. The van der Waals surface area contributed by atoms with Gasteiger partial charge < -0.3 is 19.0 Å². The first-order valence-electron chi connectivity index (χ1n) is 11.0. The summed E-state index contributed by atoms with van der Waals surface area (Å²) >= 11 is 0. The van der Waals surface area contributed by atoms with Gasteiger partial charge in [0.05, 0.1) is 24.5 Å². The number of hydrogen-bond donors (Lipinski definition) is 2. The number of morpholine rings is 1. The monoisotopic (exact) mass is 487 g/mol. The van der Waals surface area contributed by atoms with Gasteiger partial charge in [-0.25, -0.2) is 13.1 Å². The van der Waals surface area contributed by atoms with Crippen LogP contribution in [0.3, 0.4) is 0 Å². The Balaban J connectivity index is 1.73. The summed E-state index contributed by atoms with van der Waals surface area (Å²) in [5.74, 6) is -0.231. The van der Waals surface area contributed by atoms with Crippen LogP contribution in [-0.4, -0.2) is 62.8 Å². The molecule has 4 rings (SSSR count). The number of ether oxygens (including phenoxy) is 1. The van der Waals surface area contributed by atoms with Crippen molar-refractivity contribution in [2.24, 2.45) is 0 Å². The number of hydrogen-bond acceptors (Lipinski definition) is 6. The van der Waals surface area contributed by atoms with E-state index in [1.807, 2.05) is 32.9 Å². The lowest BCUT2D eigenvalue weighted by molar-refractivity contribution is -0.0181. The van der Waals surface area contributed by atoms with Crippen LogP contribution in [0.4, 0.5) is 0 Å². The van der Waals surface area contributed by atoms with Crippen LogP contribution in [0.5, 0.6) is 0 Å². The number of nitrogens with zero attached hydrogens (tertiary/aromatic N) is 1. The van der Waals surface area contributed by atoms with Crippen molar-refractivity contribution in [1.82, 2.24) is 14.6 Å². The highest BCUT2D eigenvalue weighted by molar-refractivity contribution is 7.88. The third-order valence-corrected chi connectivity index (χ3v) is 6.53. The molecule has 182 valence electrons. The Morgan fingerprint density at radius 1 is 1.29 bits per heavy atom. The van der Waals surface area contributed by atoms with Crippen molar-refractivity contribution in [3.8, 4) is 11.1 Å². The van der Waals surface area contributed by atoms with Crippen molar-refractivity contribution in [2.75, 3.05) is 32.5 Å². The molecule has 0 bridgehead atoms. The Morgan fingerprint density at radius 3 is 2.74 bits per heavy atom. The number of amides is 1. The molecular formula is C24H29N3O6S. The van der Waals surface area contributed by atoms with E-state index in [9.17, 15) is 18.0 Å². The average Bonchev–Trinajstić information content (AvgIpc) is 3.20. The molecular weight excluding hydrogens is 458 g/mol. The number of carbonyl (C=O) groups excluding carboxylic acids is 1. The zero-order valence-corrected chi connectivity index (χ0v) is 20.5. The maximum atomic E-state index is 13.5. The Hall–Kier alpha value is -2.95. The molecule has 10 heteroatoms. The minimum atomic E-state index is -3.36. The topological polar surface area (TPSA) is 122 Å². The van der Waals surface area contributed by atoms with Crippen LogP contribution in [0, 0.1) is 0 Å². The van der Waals surface area contributed by atoms with Crippen molar-refractivity contribution < 1.29 is 22.4 Å². The van der Waals surface area contributed by atoms with Gasteiger partial charge in [0.15, 0.2) is 0 Å². The lowest BCUT2D eigenvalue weighted by atomic mass is 9.84. The first-order chi connectivity index (χ1) is 15.9. The average molecular weight is 488 g/mol. The Morgan fingerprint density at radius 2 is 2.06 bits per heavy atom. The van der Waals surface area contributed by atoms with E-state index in [1.54, 1.807) is 23.2 Å². The zero-order chi connectivity index (χ0) is 24.7. The summed E-state index contributed by atoms with van der Waals surface area (Å²) in [6.07, 6.45) is 3.67. The highest BCUT2D eigenvalue weighted by Crippen LogP contribution is 2.37. The van der Waals surface area contributed by atoms with Gasteiger partial charge in [-0.05, 0) is 35.2 Å². The fourth-order valence-electron chi connectivity index (χ4n) is 4.11. The number of pyridine rings is 1. The molecule has 34 heavy (non-hydrogen) atoms. The molecule has 1 aromatic carbocycles. The predicted octanol–water partition coefficient (Wildman–Crippen LogP) is 2.48. The maximum Gasteiger partial charge on any atom is 0.257 e.